The molecule has 0 unspecified atom stereocenters. The Morgan fingerprint density at radius 1 is 1.06 bits per heavy atom. The molecule has 1 saturated heterocycles. The summed E-state index contributed by atoms with van der Waals surface area (Å²) < 4.78 is 15.6. The molecule has 0 aromatic heterocycles. The number of carbonyl (C=O) groups is 2. The quantitative estimate of drug-likeness (QED) is 0.403. The van der Waals surface area contributed by atoms with Gasteiger partial charge in [0.2, 0.25) is 0 Å². The van der Waals surface area contributed by atoms with Crippen LogP contribution < -0.4 is 4.74 Å². The van der Waals surface area contributed by atoms with Crippen molar-refractivity contribution in [2.24, 2.45) is 0 Å². The molecule has 164 valence electrons. The third kappa shape index (κ3) is 5.70. The van der Waals surface area contributed by atoms with Gasteiger partial charge in [-0.1, -0.05) is 12.1 Å². The summed E-state index contributed by atoms with van der Waals surface area (Å²) in [6.45, 7) is -0.167. The topological polar surface area (TPSA) is 128 Å². The second-order valence-corrected chi connectivity index (χ2v) is 6.99. The van der Waals surface area contributed by atoms with E-state index in [1.54, 1.807) is 31.4 Å². The molecule has 1 N–H and O–H groups in total. The van der Waals surface area contributed by atoms with Gasteiger partial charge in [0.1, 0.15) is 25.0 Å². The van der Waals surface area contributed by atoms with Crippen LogP contribution in [-0.2, 0) is 27.5 Å². The summed E-state index contributed by atoms with van der Waals surface area (Å²) in [7, 11) is 1.55. The molecule has 2 atom stereocenters. The number of methoxy groups -OCH3 is 1. The molecular formula is C21H22N2O8. The summed E-state index contributed by atoms with van der Waals surface area (Å²) in [5, 5.41) is 20.6. The summed E-state index contributed by atoms with van der Waals surface area (Å²) in [4.78, 5) is 36.3. The van der Waals surface area contributed by atoms with Gasteiger partial charge in [0.25, 0.3) is 5.69 Å². The third-order valence-corrected chi connectivity index (χ3v) is 4.84. The van der Waals surface area contributed by atoms with Gasteiger partial charge < -0.3 is 19.3 Å². The number of carbonyl (C=O) groups excluding carboxylic acids is 2. The molecular weight excluding hydrogens is 408 g/mol. The average molecular weight is 430 g/mol. The van der Waals surface area contributed by atoms with Crippen LogP contribution in [0.4, 0.5) is 10.5 Å². The maximum Gasteiger partial charge on any atom is 0.410 e. The highest BCUT2D eigenvalue weighted by Crippen LogP contribution is 2.22. The van der Waals surface area contributed by atoms with Gasteiger partial charge in [0.05, 0.1) is 24.7 Å². The minimum absolute atomic E-state index is 0.0150. The minimum atomic E-state index is -0.961. The molecule has 1 amide bonds. The number of rotatable bonds is 7. The SMILES string of the molecule is COc1ccc(COC(=O)[C@@H]2C[C@H](O)CN2C(=O)OCc2ccc([N+](=O)[O-])cc2)cc1. The summed E-state index contributed by atoms with van der Waals surface area (Å²) in [6, 6.07) is 11.6. The molecule has 2 aromatic rings. The van der Waals surface area contributed by atoms with Crippen LogP contribution in [0.25, 0.3) is 0 Å². The number of esters is 1. The number of amides is 1. The lowest BCUT2D eigenvalue weighted by molar-refractivity contribution is -0.384. The van der Waals surface area contributed by atoms with Gasteiger partial charge in [0.15, 0.2) is 0 Å². The lowest BCUT2D eigenvalue weighted by atomic mass is 10.2. The Labute approximate surface area is 178 Å². The number of ether oxygens (including phenoxy) is 3. The number of aliphatic hydroxyl groups excluding tert-OH is 1. The normalized spacial score (nSPS) is 17.8. The zero-order chi connectivity index (χ0) is 22.4. The molecule has 0 spiro atoms. The van der Waals surface area contributed by atoms with Gasteiger partial charge in [0, 0.05) is 18.6 Å². The predicted molar refractivity (Wildman–Crippen MR) is 107 cm³/mol. The Balaban J connectivity index is 1.55. The van der Waals surface area contributed by atoms with E-state index in [0.29, 0.717) is 11.3 Å². The number of hydrogen-bond donors (Lipinski definition) is 1. The predicted octanol–water partition coefficient (Wildman–Crippen LogP) is 2.42. The van der Waals surface area contributed by atoms with Crippen LogP contribution in [0.15, 0.2) is 48.5 Å². The van der Waals surface area contributed by atoms with Crippen LogP contribution in [0.5, 0.6) is 5.75 Å². The van der Waals surface area contributed by atoms with Crippen LogP contribution in [-0.4, -0.2) is 52.8 Å². The number of likely N-dealkylation sites (tertiary alicyclic amines) is 1. The van der Waals surface area contributed by atoms with E-state index >= 15 is 0 Å². The van der Waals surface area contributed by atoms with E-state index in [-0.39, 0.29) is 31.9 Å². The molecule has 31 heavy (non-hydrogen) atoms. The van der Waals surface area contributed by atoms with Gasteiger partial charge in [-0.15, -0.1) is 0 Å². The number of benzene rings is 2. The number of nitrogens with zero attached hydrogens (tertiary/aromatic N) is 2. The van der Waals surface area contributed by atoms with Crippen molar-refractivity contribution < 1.29 is 33.8 Å². The van der Waals surface area contributed by atoms with E-state index < -0.39 is 29.1 Å². The van der Waals surface area contributed by atoms with Gasteiger partial charge in [-0.05, 0) is 35.4 Å². The summed E-state index contributed by atoms with van der Waals surface area (Å²) in [5.41, 5.74) is 1.23. The van der Waals surface area contributed by atoms with Crippen molar-refractivity contribution in [1.82, 2.24) is 4.90 Å². The van der Waals surface area contributed by atoms with Crippen molar-refractivity contribution in [3.05, 3.63) is 69.8 Å². The van der Waals surface area contributed by atoms with E-state index in [4.69, 9.17) is 14.2 Å². The smallest absolute Gasteiger partial charge is 0.410 e. The molecule has 1 aliphatic heterocycles. The Bertz CT molecular complexity index is 929. The van der Waals surface area contributed by atoms with Crippen molar-refractivity contribution in [2.75, 3.05) is 13.7 Å². The van der Waals surface area contributed by atoms with E-state index in [1.807, 2.05) is 0 Å². The minimum Gasteiger partial charge on any atom is -0.497 e. The molecule has 1 aliphatic rings. The van der Waals surface area contributed by atoms with Crippen LogP contribution >= 0.6 is 0 Å². The Morgan fingerprint density at radius 3 is 2.23 bits per heavy atom. The van der Waals surface area contributed by atoms with Crippen LogP contribution in [0, 0.1) is 10.1 Å². The number of hydrogen-bond acceptors (Lipinski definition) is 8. The molecule has 2 aromatic carbocycles. The number of β-amino-alcohol motifs (C(OH)–C–C–N with tert-alkyl or cyclic N) is 1. The first-order chi connectivity index (χ1) is 14.9. The third-order valence-electron chi connectivity index (χ3n) is 4.84. The van der Waals surface area contributed by atoms with Gasteiger partial charge >= 0.3 is 12.1 Å². The first-order valence-electron chi connectivity index (χ1n) is 9.51. The molecule has 0 bridgehead atoms. The highest BCUT2D eigenvalue weighted by Gasteiger charge is 2.41. The van der Waals surface area contributed by atoms with E-state index in [9.17, 15) is 24.8 Å². The molecule has 3 rings (SSSR count). The maximum atomic E-state index is 12.5. The number of nitro groups is 1. The number of aliphatic hydroxyl groups is 1. The van der Waals surface area contributed by atoms with Crippen molar-refractivity contribution in [1.29, 1.82) is 0 Å². The Hall–Kier alpha value is -3.66. The number of non-ortho nitro benzene ring substituents is 1. The molecule has 0 saturated carbocycles. The standard InChI is InChI=1S/C21H22N2O8/c1-29-18-8-4-15(5-9-18)12-30-20(25)19-10-17(24)11-22(19)21(26)31-13-14-2-6-16(7-3-14)23(27)28/h2-9,17,19,24H,10-13H2,1H3/t17-,19-/m0/s1. The molecule has 1 heterocycles. The van der Waals surface area contributed by atoms with Gasteiger partial charge in [-0.2, -0.15) is 0 Å². The van der Waals surface area contributed by atoms with Crippen LogP contribution in [0.1, 0.15) is 17.5 Å². The molecule has 10 nitrogen and oxygen atoms in total. The van der Waals surface area contributed by atoms with E-state index in [1.165, 1.54) is 24.3 Å². The fourth-order valence-corrected chi connectivity index (χ4v) is 3.15. The highest BCUT2D eigenvalue weighted by atomic mass is 16.6. The molecule has 10 heteroatoms. The monoisotopic (exact) mass is 430 g/mol. The molecule has 0 aliphatic carbocycles. The highest BCUT2D eigenvalue weighted by molar-refractivity contribution is 5.82. The van der Waals surface area contributed by atoms with Crippen molar-refractivity contribution >= 4 is 17.7 Å². The van der Waals surface area contributed by atoms with Crippen LogP contribution in [0.3, 0.4) is 0 Å². The van der Waals surface area contributed by atoms with Crippen molar-refractivity contribution in [2.45, 2.75) is 31.8 Å². The van der Waals surface area contributed by atoms with Gasteiger partial charge in [-0.3, -0.25) is 15.0 Å². The molecule has 1 fully saturated rings. The van der Waals surface area contributed by atoms with Crippen LogP contribution in [0.2, 0.25) is 0 Å². The zero-order valence-corrected chi connectivity index (χ0v) is 16.8. The van der Waals surface area contributed by atoms with Crippen molar-refractivity contribution in [3.63, 3.8) is 0 Å². The van der Waals surface area contributed by atoms with E-state index in [0.717, 1.165) is 10.5 Å². The zero-order valence-electron chi connectivity index (χ0n) is 16.8. The Kier molecular flexibility index (Phi) is 7.03. The molecule has 0 radical (unpaired) electrons. The number of nitro benzene ring substituents is 1. The maximum absolute atomic E-state index is 12.5. The van der Waals surface area contributed by atoms with Crippen molar-refractivity contribution in [3.8, 4) is 5.75 Å². The lowest BCUT2D eigenvalue weighted by Crippen LogP contribution is -2.41. The second kappa shape index (κ2) is 9.90. The van der Waals surface area contributed by atoms with Gasteiger partial charge in [-0.25, -0.2) is 9.59 Å². The summed E-state index contributed by atoms with van der Waals surface area (Å²) in [5.74, 6) is 0.0376. The van der Waals surface area contributed by atoms with E-state index in [2.05, 4.69) is 0 Å². The first-order valence-corrected chi connectivity index (χ1v) is 9.51. The summed E-state index contributed by atoms with van der Waals surface area (Å²) in [6.07, 6.45) is -1.60. The summed E-state index contributed by atoms with van der Waals surface area (Å²) >= 11 is 0. The largest absolute Gasteiger partial charge is 0.497 e. The fraction of sp³-hybridized carbons (Fsp3) is 0.333. The Morgan fingerprint density at radius 2 is 1.65 bits per heavy atom. The lowest BCUT2D eigenvalue weighted by Gasteiger charge is -2.22. The first kappa shape index (κ1) is 22.0. The fourth-order valence-electron chi connectivity index (χ4n) is 3.15. The second-order valence-electron chi connectivity index (χ2n) is 6.99. The average Bonchev–Trinajstić information content (AvgIpc) is 3.18.